The van der Waals surface area contributed by atoms with Gasteiger partial charge in [0.25, 0.3) is 0 Å². The molecule has 2 rings (SSSR count). The van der Waals surface area contributed by atoms with Gasteiger partial charge in [-0.3, -0.25) is 0 Å². The van der Waals surface area contributed by atoms with Crippen molar-refractivity contribution in [2.24, 2.45) is 0 Å². The van der Waals surface area contributed by atoms with Crippen LogP contribution in [0.25, 0.3) is 0 Å². The molecule has 0 spiro atoms. The van der Waals surface area contributed by atoms with Crippen molar-refractivity contribution in [1.29, 1.82) is 0 Å². The molecular weight excluding hydrogens is 240 g/mol. The highest BCUT2D eigenvalue weighted by Gasteiger charge is 2.16. The zero-order valence-corrected chi connectivity index (χ0v) is 13.2. The second kappa shape index (κ2) is 6.26. The van der Waals surface area contributed by atoms with Crippen molar-refractivity contribution in [2.45, 2.75) is 51.9 Å². The third kappa shape index (κ3) is 3.50. The highest BCUT2D eigenvalue weighted by atomic mass is 14.2. The quantitative estimate of drug-likeness (QED) is 0.644. The number of rotatable bonds is 4. The minimum absolute atomic E-state index is 0.228. The normalized spacial score (nSPS) is 13.2. The lowest BCUT2D eigenvalue weighted by molar-refractivity contribution is 0.589. The van der Waals surface area contributed by atoms with Gasteiger partial charge < -0.3 is 0 Å². The Morgan fingerprint density at radius 3 is 1.85 bits per heavy atom. The van der Waals surface area contributed by atoms with Gasteiger partial charge in [0.2, 0.25) is 0 Å². The number of hydrogen-bond donors (Lipinski definition) is 0. The van der Waals surface area contributed by atoms with E-state index in [1.165, 1.54) is 29.5 Å². The van der Waals surface area contributed by atoms with E-state index in [1.807, 2.05) is 0 Å². The van der Waals surface area contributed by atoms with Crippen LogP contribution in [-0.2, 0) is 5.41 Å². The van der Waals surface area contributed by atoms with Crippen molar-refractivity contribution in [3.8, 4) is 0 Å². The molecule has 0 heteroatoms. The molecular formula is C20H26. The summed E-state index contributed by atoms with van der Waals surface area (Å²) in [5.41, 5.74) is 4.50. The van der Waals surface area contributed by atoms with E-state index in [2.05, 4.69) is 82.3 Å². The minimum atomic E-state index is 0.228. The molecule has 0 bridgehead atoms. The fourth-order valence-electron chi connectivity index (χ4n) is 2.72. The molecule has 0 aliphatic carbocycles. The van der Waals surface area contributed by atoms with Gasteiger partial charge in [0.05, 0.1) is 0 Å². The number of hydrogen-bond acceptors (Lipinski definition) is 0. The fraction of sp³-hybridized carbons (Fsp3) is 0.400. The molecule has 0 radical (unpaired) electrons. The molecule has 1 unspecified atom stereocenters. The van der Waals surface area contributed by atoms with Crippen molar-refractivity contribution >= 4 is 0 Å². The van der Waals surface area contributed by atoms with Crippen LogP contribution in [0.5, 0.6) is 0 Å². The van der Waals surface area contributed by atoms with Gasteiger partial charge >= 0.3 is 0 Å². The third-order valence-electron chi connectivity index (χ3n) is 3.96. The van der Waals surface area contributed by atoms with E-state index < -0.39 is 0 Å². The standard InChI is InChI=1S/C20H26/c1-5-9-19(16-10-7-6-8-11-16)17-12-14-18(15-13-17)20(2,3)4/h6-8,10-15,19H,5,9H2,1-4H3. The predicted octanol–water partition coefficient (Wildman–Crippen LogP) is 5.92. The lowest BCUT2D eigenvalue weighted by Crippen LogP contribution is -2.11. The summed E-state index contributed by atoms with van der Waals surface area (Å²) in [5, 5.41) is 0. The molecule has 2 aromatic carbocycles. The summed E-state index contributed by atoms with van der Waals surface area (Å²) in [5.74, 6) is 0.523. The summed E-state index contributed by atoms with van der Waals surface area (Å²) in [4.78, 5) is 0. The molecule has 0 saturated carbocycles. The van der Waals surface area contributed by atoms with Gasteiger partial charge in [0, 0.05) is 5.92 Å². The fourth-order valence-corrected chi connectivity index (χ4v) is 2.72. The molecule has 0 saturated heterocycles. The van der Waals surface area contributed by atoms with Crippen LogP contribution in [0.1, 0.15) is 63.1 Å². The first-order chi connectivity index (χ1) is 9.52. The molecule has 1 atom stereocenters. The minimum Gasteiger partial charge on any atom is -0.0653 e. The van der Waals surface area contributed by atoms with Crippen LogP contribution < -0.4 is 0 Å². The van der Waals surface area contributed by atoms with Gasteiger partial charge in [-0.25, -0.2) is 0 Å². The molecule has 0 heterocycles. The largest absolute Gasteiger partial charge is 0.0653 e. The maximum atomic E-state index is 2.31. The third-order valence-corrected chi connectivity index (χ3v) is 3.96. The average Bonchev–Trinajstić information content (AvgIpc) is 2.45. The monoisotopic (exact) mass is 266 g/mol. The molecule has 0 aromatic heterocycles. The van der Waals surface area contributed by atoms with E-state index in [0.717, 1.165) is 0 Å². The van der Waals surface area contributed by atoms with Gasteiger partial charge in [0.1, 0.15) is 0 Å². The number of benzene rings is 2. The molecule has 0 amide bonds. The average molecular weight is 266 g/mol. The first-order valence-electron chi connectivity index (χ1n) is 7.67. The maximum absolute atomic E-state index is 2.31. The Labute approximate surface area is 123 Å². The molecule has 2 aromatic rings. The summed E-state index contributed by atoms with van der Waals surface area (Å²) in [6.07, 6.45) is 2.42. The second-order valence-electron chi connectivity index (χ2n) is 6.62. The van der Waals surface area contributed by atoms with Crippen LogP contribution in [0.4, 0.5) is 0 Å². The van der Waals surface area contributed by atoms with E-state index in [9.17, 15) is 0 Å². The molecule has 106 valence electrons. The Kier molecular flexibility index (Phi) is 4.65. The van der Waals surface area contributed by atoms with Crippen molar-refractivity contribution in [1.82, 2.24) is 0 Å². The van der Waals surface area contributed by atoms with Crippen molar-refractivity contribution in [2.75, 3.05) is 0 Å². The van der Waals surface area contributed by atoms with Crippen LogP contribution in [0.2, 0.25) is 0 Å². The summed E-state index contributed by atoms with van der Waals surface area (Å²) >= 11 is 0. The maximum Gasteiger partial charge on any atom is 0.00892 e. The van der Waals surface area contributed by atoms with Crippen LogP contribution >= 0.6 is 0 Å². The van der Waals surface area contributed by atoms with E-state index in [1.54, 1.807) is 0 Å². The first-order valence-corrected chi connectivity index (χ1v) is 7.67. The molecule has 0 nitrogen and oxygen atoms in total. The molecule has 0 N–H and O–H groups in total. The summed E-state index contributed by atoms with van der Waals surface area (Å²) in [7, 11) is 0. The second-order valence-corrected chi connectivity index (χ2v) is 6.62. The Balaban J connectivity index is 2.31. The smallest absolute Gasteiger partial charge is 0.00892 e. The summed E-state index contributed by atoms with van der Waals surface area (Å²) < 4.78 is 0. The Hall–Kier alpha value is -1.56. The molecule has 0 aliphatic heterocycles. The van der Waals surface area contributed by atoms with E-state index in [0.29, 0.717) is 5.92 Å². The van der Waals surface area contributed by atoms with Gasteiger partial charge in [-0.15, -0.1) is 0 Å². The highest BCUT2D eigenvalue weighted by molar-refractivity contribution is 5.35. The van der Waals surface area contributed by atoms with E-state index in [4.69, 9.17) is 0 Å². The molecule has 0 aliphatic rings. The Morgan fingerprint density at radius 1 is 0.800 bits per heavy atom. The summed E-state index contributed by atoms with van der Waals surface area (Å²) in [6, 6.07) is 20.1. The SMILES string of the molecule is CCCC(c1ccccc1)c1ccc(C(C)(C)C)cc1. The van der Waals surface area contributed by atoms with E-state index in [-0.39, 0.29) is 5.41 Å². The van der Waals surface area contributed by atoms with Crippen LogP contribution in [0.15, 0.2) is 54.6 Å². The molecule has 0 fully saturated rings. The van der Waals surface area contributed by atoms with Crippen LogP contribution in [0.3, 0.4) is 0 Å². The molecule has 20 heavy (non-hydrogen) atoms. The van der Waals surface area contributed by atoms with Gasteiger partial charge in [-0.1, -0.05) is 88.7 Å². The lowest BCUT2D eigenvalue weighted by Gasteiger charge is -2.22. The van der Waals surface area contributed by atoms with E-state index >= 15 is 0 Å². The Morgan fingerprint density at radius 2 is 1.35 bits per heavy atom. The van der Waals surface area contributed by atoms with Crippen LogP contribution in [0, 0.1) is 0 Å². The van der Waals surface area contributed by atoms with Crippen molar-refractivity contribution in [3.63, 3.8) is 0 Å². The Bertz CT molecular complexity index is 514. The summed E-state index contributed by atoms with van der Waals surface area (Å²) in [6.45, 7) is 9.06. The zero-order chi connectivity index (χ0) is 14.6. The van der Waals surface area contributed by atoms with Gasteiger partial charge in [0.15, 0.2) is 0 Å². The lowest BCUT2D eigenvalue weighted by atomic mass is 9.83. The van der Waals surface area contributed by atoms with Gasteiger partial charge in [-0.2, -0.15) is 0 Å². The van der Waals surface area contributed by atoms with Crippen molar-refractivity contribution in [3.05, 3.63) is 71.3 Å². The first kappa shape index (κ1) is 14.8. The van der Waals surface area contributed by atoms with Crippen molar-refractivity contribution < 1.29 is 0 Å². The zero-order valence-electron chi connectivity index (χ0n) is 13.2. The predicted molar refractivity (Wildman–Crippen MR) is 88.3 cm³/mol. The highest BCUT2D eigenvalue weighted by Crippen LogP contribution is 2.31. The topological polar surface area (TPSA) is 0 Å². The van der Waals surface area contributed by atoms with Gasteiger partial charge in [-0.05, 0) is 28.5 Å². The van der Waals surface area contributed by atoms with Crippen LogP contribution in [-0.4, -0.2) is 0 Å².